The van der Waals surface area contributed by atoms with Crippen LogP contribution in [0.15, 0.2) is 24.3 Å². The van der Waals surface area contributed by atoms with Crippen molar-refractivity contribution in [1.82, 2.24) is 5.32 Å². The minimum Gasteiger partial charge on any atom is -0.312 e. The maximum atomic E-state index is 3.58. The number of fused-ring (bicyclic) bond motifs is 1. The summed E-state index contributed by atoms with van der Waals surface area (Å²) in [6.45, 7) is 6.87. The highest BCUT2D eigenvalue weighted by Crippen LogP contribution is 2.32. The summed E-state index contributed by atoms with van der Waals surface area (Å²) in [6.07, 6.45) is 6.82. The summed E-state index contributed by atoms with van der Waals surface area (Å²) in [5.41, 5.74) is 3.12. The lowest BCUT2D eigenvalue weighted by atomic mass is 9.81. The van der Waals surface area contributed by atoms with Gasteiger partial charge in [0.05, 0.1) is 0 Å². The van der Waals surface area contributed by atoms with Crippen molar-refractivity contribution >= 4 is 0 Å². The van der Waals surface area contributed by atoms with E-state index in [0.717, 1.165) is 18.4 Å². The molecule has 1 aliphatic rings. The fourth-order valence-electron chi connectivity index (χ4n) is 3.18. The average molecular weight is 245 g/mol. The monoisotopic (exact) mass is 245 g/mol. The Bertz CT molecular complexity index is 358. The smallest absolute Gasteiger partial charge is 0.0208 e. The van der Waals surface area contributed by atoms with Crippen LogP contribution in [-0.4, -0.2) is 6.54 Å². The molecule has 18 heavy (non-hydrogen) atoms. The second kappa shape index (κ2) is 6.94. The number of hydrogen-bond acceptors (Lipinski definition) is 1. The van der Waals surface area contributed by atoms with Crippen molar-refractivity contribution in [3.8, 4) is 0 Å². The molecule has 0 saturated heterocycles. The number of hydrogen-bond donors (Lipinski definition) is 1. The molecule has 1 heterocycles. The van der Waals surface area contributed by atoms with Gasteiger partial charge in [-0.15, -0.1) is 0 Å². The van der Waals surface area contributed by atoms with Gasteiger partial charge in [0.2, 0.25) is 0 Å². The Kier molecular flexibility index (Phi) is 5.25. The first kappa shape index (κ1) is 13.6. The van der Waals surface area contributed by atoms with Gasteiger partial charge >= 0.3 is 0 Å². The van der Waals surface area contributed by atoms with E-state index < -0.39 is 0 Å². The lowest BCUT2D eigenvalue weighted by Crippen LogP contribution is -2.29. The maximum absolute atomic E-state index is 3.58. The van der Waals surface area contributed by atoms with Gasteiger partial charge in [0.15, 0.2) is 0 Å². The molecule has 100 valence electrons. The third-order valence-corrected chi connectivity index (χ3v) is 4.36. The number of benzene rings is 1. The van der Waals surface area contributed by atoms with Gasteiger partial charge in [-0.05, 0) is 29.4 Å². The summed E-state index contributed by atoms with van der Waals surface area (Å²) >= 11 is 0. The molecule has 1 aliphatic heterocycles. The van der Waals surface area contributed by atoms with E-state index in [-0.39, 0.29) is 0 Å². The molecule has 0 aliphatic carbocycles. The van der Waals surface area contributed by atoms with Crippen LogP contribution in [0.5, 0.6) is 0 Å². The molecule has 0 amide bonds. The van der Waals surface area contributed by atoms with Crippen LogP contribution in [0.2, 0.25) is 0 Å². The lowest BCUT2D eigenvalue weighted by Gasteiger charge is -2.29. The highest BCUT2D eigenvalue weighted by atomic mass is 14.9. The summed E-state index contributed by atoms with van der Waals surface area (Å²) in [5, 5.41) is 3.58. The lowest BCUT2D eigenvalue weighted by molar-refractivity contribution is 0.367. The van der Waals surface area contributed by atoms with Crippen molar-refractivity contribution in [3.05, 3.63) is 35.4 Å². The number of rotatable bonds is 6. The highest BCUT2D eigenvalue weighted by molar-refractivity contribution is 5.32. The third kappa shape index (κ3) is 3.35. The topological polar surface area (TPSA) is 12.0 Å². The first-order valence-corrected chi connectivity index (χ1v) is 7.63. The molecule has 0 bridgehead atoms. The molecule has 2 rings (SSSR count). The standard InChI is InChI=1S/C17H27N/c1-3-5-8-14(4-2)11-16-13-18-12-15-9-6-7-10-17(15)16/h6-7,9-10,14,16,18H,3-5,8,11-13H2,1-2H3. The normalized spacial score (nSPS) is 20.4. The molecule has 0 spiro atoms. The Morgan fingerprint density at radius 1 is 1.28 bits per heavy atom. The zero-order valence-electron chi connectivity index (χ0n) is 11.9. The SMILES string of the molecule is CCCCC(CC)CC1CNCc2ccccc21. The maximum Gasteiger partial charge on any atom is 0.0208 e. The van der Waals surface area contributed by atoms with Gasteiger partial charge in [-0.2, -0.15) is 0 Å². The summed E-state index contributed by atoms with van der Waals surface area (Å²) in [7, 11) is 0. The van der Waals surface area contributed by atoms with E-state index in [1.54, 1.807) is 5.56 Å². The quantitative estimate of drug-likeness (QED) is 0.779. The molecular formula is C17H27N. The van der Waals surface area contributed by atoms with Crippen molar-refractivity contribution in [2.45, 2.75) is 58.4 Å². The first-order valence-electron chi connectivity index (χ1n) is 7.63. The third-order valence-electron chi connectivity index (χ3n) is 4.36. The zero-order valence-corrected chi connectivity index (χ0v) is 11.9. The summed E-state index contributed by atoms with van der Waals surface area (Å²) in [5.74, 6) is 1.64. The molecule has 0 fully saturated rings. The Hall–Kier alpha value is -0.820. The largest absolute Gasteiger partial charge is 0.312 e. The molecule has 1 heteroatoms. The second-order valence-corrected chi connectivity index (χ2v) is 5.68. The first-order chi connectivity index (χ1) is 8.85. The van der Waals surface area contributed by atoms with Crippen molar-refractivity contribution < 1.29 is 0 Å². The van der Waals surface area contributed by atoms with Gasteiger partial charge < -0.3 is 5.32 Å². The Labute approximate surface area is 112 Å². The van der Waals surface area contributed by atoms with Crippen LogP contribution >= 0.6 is 0 Å². The molecule has 0 radical (unpaired) electrons. The van der Waals surface area contributed by atoms with Gasteiger partial charge in [0.25, 0.3) is 0 Å². The molecule has 1 N–H and O–H groups in total. The molecule has 0 saturated carbocycles. The fraction of sp³-hybridized carbons (Fsp3) is 0.647. The number of unbranched alkanes of at least 4 members (excludes halogenated alkanes) is 1. The Morgan fingerprint density at radius 3 is 2.89 bits per heavy atom. The molecule has 0 aromatic heterocycles. The molecule has 2 atom stereocenters. The van der Waals surface area contributed by atoms with E-state index in [2.05, 4.69) is 43.4 Å². The van der Waals surface area contributed by atoms with Crippen molar-refractivity contribution in [2.75, 3.05) is 6.54 Å². The van der Waals surface area contributed by atoms with Crippen LogP contribution in [0.1, 0.15) is 63.0 Å². The predicted molar refractivity (Wildman–Crippen MR) is 78.8 cm³/mol. The fourth-order valence-corrected chi connectivity index (χ4v) is 3.18. The molecule has 1 nitrogen and oxygen atoms in total. The van der Waals surface area contributed by atoms with Gasteiger partial charge in [-0.3, -0.25) is 0 Å². The van der Waals surface area contributed by atoms with Crippen LogP contribution < -0.4 is 5.32 Å². The minimum atomic E-state index is 0.733. The van der Waals surface area contributed by atoms with Gasteiger partial charge in [-0.1, -0.05) is 63.8 Å². The molecule has 1 aromatic rings. The summed E-state index contributed by atoms with van der Waals surface area (Å²) in [4.78, 5) is 0. The van der Waals surface area contributed by atoms with E-state index in [9.17, 15) is 0 Å². The van der Waals surface area contributed by atoms with Crippen LogP contribution in [-0.2, 0) is 6.54 Å². The Balaban J connectivity index is 2.01. The van der Waals surface area contributed by atoms with E-state index in [1.807, 2.05) is 0 Å². The van der Waals surface area contributed by atoms with Crippen molar-refractivity contribution in [3.63, 3.8) is 0 Å². The van der Waals surface area contributed by atoms with Crippen LogP contribution in [0.25, 0.3) is 0 Å². The van der Waals surface area contributed by atoms with Crippen LogP contribution in [0.4, 0.5) is 0 Å². The Morgan fingerprint density at radius 2 is 2.11 bits per heavy atom. The highest BCUT2D eigenvalue weighted by Gasteiger charge is 2.22. The zero-order chi connectivity index (χ0) is 12.8. The molecule has 2 unspecified atom stereocenters. The molecule has 1 aromatic carbocycles. The van der Waals surface area contributed by atoms with Crippen LogP contribution in [0, 0.1) is 5.92 Å². The number of nitrogens with one attached hydrogen (secondary N) is 1. The van der Waals surface area contributed by atoms with E-state index in [1.165, 1.54) is 44.2 Å². The van der Waals surface area contributed by atoms with Crippen molar-refractivity contribution in [1.29, 1.82) is 0 Å². The minimum absolute atomic E-state index is 0.733. The van der Waals surface area contributed by atoms with Gasteiger partial charge in [0.1, 0.15) is 0 Å². The summed E-state index contributed by atoms with van der Waals surface area (Å²) < 4.78 is 0. The molecular weight excluding hydrogens is 218 g/mol. The van der Waals surface area contributed by atoms with E-state index in [4.69, 9.17) is 0 Å². The van der Waals surface area contributed by atoms with E-state index in [0.29, 0.717) is 0 Å². The van der Waals surface area contributed by atoms with Crippen LogP contribution in [0.3, 0.4) is 0 Å². The van der Waals surface area contributed by atoms with Gasteiger partial charge in [0, 0.05) is 13.1 Å². The van der Waals surface area contributed by atoms with E-state index >= 15 is 0 Å². The van der Waals surface area contributed by atoms with Crippen molar-refractivity contribution in [2.24, 2.45) is 5.92 Å². The predicted octanol–water partition coefficient (Wildman–Crippen LogP) is 4.48. The second-order valence-electron chi connectivity index (χ2n) is 5.68. The summed E-state index contributed by atoms with van der Waals surface area (Å²) in [6, 6.07) is 8.98. The average Bonchev–Trinajstić information content (AvgIpc) is 2.43. The van der Waals surface area contributed by atoms with Gasteiger partial charge in [-0.25, -0.2) is 0 Å².